The maximum atomic E-state index is 14.4. The number of nitrogens with zero attached hydrogens (tertiary/aromatic N) is 1. The normalized spacial score (nSPS) is 21.9. The van der Waals surface area contributed by atoms with Gasteiger partial charge in [0.25, 0.3) is 0 Å². The number of carbonyl (C=O) groups excluding carboxylic acids is 5. The summed E-state index contributed by atoms with van der Waals surface area (Å²) in [5.74, 6) is -4.82. The molecule has 0 bridgehead atoms. The predicted molar refractivity (Wildman–Crippen MR) is 184 cm³/mol. The topological polar surface area (TPSA) is 155 Å². The summed E-state index contributed by atoms with van der Waals surface area (Å²) < 4.78 is 29.3. The molecule has 1 N–H and O–H groups in total. The summed E-state index contributed by atoms with van der Waals surface area (Å²) in [5, 5.41) is 10.6. The highest BCUT2D eigenvalue weighted by atomic mass is 16.7. The van der Waals surface area contributed by atoms with Crippen LogP contribution in [0.5, 0.6) is 0 Å². The highest BCUT2D eigenvalue weighted by Gasteiger charge is 2.61. The van der Waals surface area contributed by atoms with Crippen molar-refractivity contribution < 1.29 is 52.8 Å². The molecule has 12 nitrogen and oxygen atoms in total. The number of benzene rings is 4. The largest absolute Gasteiger partial charge is 0.459 e. The van der Waals surface area contributed by atoms with Crippen LogP contribution in [0.25, 0.3) is 0 Å². The van der Waals surface area contributed by atoms with E-state index in [1.807, 2.05) is 37.3 Å². The van der Waals surface area contributed by atoms with E-state index in [4.69, 9.17) is 23.7 Å². The summed E-state index contributed by atoms with van der Waals surface area (Å²) in [7, 11) is 0. The number of imide groups is 1. The molecule has 2 fully saturated rings. The number of rotatable bonds is 12. The van der Waals surface area contributed by atoms with Gasteiger partial charge in [-0.2, -0.15) is 0 Å². The molecule has 2 aliphatic rings. The van der Waals surface area contributed by atoms with Crippen molar-refractivity contribution in [3.63, 3.8) is 0 Å². The van der Waals surface area contributed by atoms with Crippen LogP contribution in [0.2, 0.25) is 0 Å². The van der Waals surface area contributed by atoms with E-state index in [0.717, 1.165) is 10.5 Å². The second kappa shape index (κ2) is 16.4. The molecule has 268 valence electrons. The second-order valence-corrected chi connectivity index (χ2v) is 12.3. The average Bonchev–Trinajstić information content (AvgIpc) is 3.53. The molecule has 0 aliphatic carbocycles. The minimum atomic E-state index is -1.58. The molecule has 2 aliphatic heterocycles. The van der Waals surface area contributed by atoms with Crippen molar-refractivity contribution in [2.24, 2.45) is 5.92 Å². The lowest BCUT2D eigenvalue weighted by atomic mass is 9.83. The Bertz CT molecular complexity index is 1860. The van der Waals surface area contributed by atoms with Gasteiger partial charge in [0.15, 0.2) is 12.2 Å². The number of aliphatic hydroxyl groups is 1. The zero-order chi connectivity index (χ0) is 36.6. The number of hydrogen-bond donors (Lipinski definition) is 1. The maximum absolute atomic E-state index is 14.4. The fraction of sp³-hybridized carbons (Fsp3) is 0.275. The molecule has 2 heterocycles. The molecule has 4 aromatic rings. The van der Waals surface area contributed by atoms with E-state index < -0.39 is 85.6 Å². The summed E-state index contributed by atoms with van der Waals surface area (Å²) in [5.41, 5.74) is 1.29. The van der Waals surface area contributed by atoms with Gasteiger partial charge in [0.1, 0.15) is 18.8 Å². The van der Waals surface area contributed by atoms with Crippen LogP contribution in [0.3, 0.4) is 0 Å². The van der Waals surface area contributed by atoms with E-state index in [1.54, 1.807) is 66.7 Å². The van der Waals surface area contributed by atoms with Gasteiger partial charge in [0.2, 0.25) is 12.2 Å². The molecule has 12 heteroatoms. The molecule has 0 aromatic heterocycles. The Kier molecular flexibility index (Phi) is 11.4. The monoisotopic (exact) mass is 707 g/mol. The summed E-state index contributed by atoms with van der Waals surface area (Å²) in [6, 6.07) is 31.8. The number of aliphatic hydroxyl groups excluding tert-OH is 1. The van der Waals surface area contributed by atoms with Crippen molar-refractivity contribution in [3.05, 3.63) is 144 Å². The Hall–Kier alpha value is -5.85. The number of ether oxygens (including phenoxy) is 5. The molecule has 7 atom stereocenters. The summed E-state index contributed by atoms with van der Waals surface area (Å²) in [4.78, 5) is 69.1. The lowest BCUT2D eigenvalue weighted by molar-refractivity contribution is -0.240. The van der Waals surface area contributed by atoms with Gasteiger partial charge in [-0.25, -0.2) is 24.1 Å². The molecule has 2 unspecified atom stereocenters. The number of amides is 2. The molecular weight excluding hydrogens is 670 g/mol. The molecule has 0 saturated carbocycles. The maximum Gasteiger partial charge on any atom is 0.419 e. The van der Waals surface area contributed by atoms with Crippen LogP contribution in [0.15, 0.2) is 121 Å². The Morgan fingerprint density at radius 2 is 1.19 bits per heavy atom. The lowest BCUT2D eigenvalue weighted by Gasteiger charge is -2.43. The van der Waals surface area contributed by atoms with Crippen LogP contribution in [-0.4, -0.2) is 83.8 Å². The fourth-order valence-corrected chi connectivity index (χ4v) is 6.54. The molecular formula is C40H37NO11. The zero-order valence-electron chi connectivity index (χ0n) is 28.2. The Labute approximate surface area is 299 Å². The Balaban J connectivity index is 1.39. The highest BCUT2D eigenvalue weighted by Crippen LogP contribution is 2.39. The van der Waals surface area contributed by atoms with Crippen LogP contribution >= 0.6 is 0 Å². The van der Waals surface area contributed by atoms with Gasteiger partial charge in [0, 0.05) is 0 Å². The third-order valence-corrected chi connectivity index (χ3v) is 9.12. The minimum absolute atomic E-state index is 0.136. The van der Waals surface area contributed by atoms with Crippen molar-refractivity contribution in [1.29, 1.82) is 0 Å². The molecule has 52 heavy (non-hydrogen) atoms. The van der Waals surface area contributed by atoms with E-state index in [1.165, 1.54) is 24.3 Å². The van der Waals surface area contributed by atoms with Gasteiger partial charge in [-0.3, -0.25) is 4.79 Å². The standard InChI is InChI=1S/C40H37NO11/c1-2-29(25-15-7-3-8-16-25)30(23-42)35(43)41-32-34(51-38(46)28-21-13-6-14-22-28)33(50-37(45)27-19-11-5-12-20-27)31(49-39(32)52-40(41)47)24-48-36(44)26-17-9-4-10-18-26/h3-22,29-34,39,42H,2,23-24H2,1H3/t29?,30?,31-,32-,33-,34-,39-/m1/s1. The summed E-state index contributed by atoms with van der Waals surface area (Å²) in [6.07, 6.45) is -6.65. The summed E-state index contributed by atoms with van der Waals surface area (Å²) >= 11 is 0. The molecule has 0 spiro atoms. The van der Waals surface area contributed by atoms with Crippen molar-refractivity contribution in [1.82, 2.24) is 4.90 Å². The van der Waals surface area contributed by atoms with Crippen LogP contribution in [0.4, 0.5) is 4.79 Å². The Morgan fingerprint density at radius 1 is 0.712 bits per heavy atom. The van der Waals surface area contributed by atoms with E-state index >= 15 is 0 Å². The molecule has 2 saturated heterocycles. The summed E-state index contributed by atoms with van der Waals surface area (Å²) in [6.45, 7) is 0.722. The molecule has 2 amide bonds. The van der Waals surface area contributed by atoms with E-state index in [2.05, 4.69) is 0 Å². The van der Waals surface area contributed by atoms with Crippen LogP contribution in [-0.2, 0) is 28.5 Å². The zero-order valence-corrected chi connectivity index (χ0v) is 28.2. The predicted octanol–water partition coefficient (Wildman–Crippen LogP) is 5.17. The lowest BCUT2D eigenvalue weighted by Crippen LogP contribution is -2.64. The van der Waals surface area contributed by atoms with E-state index in [0.29, 0.717) is 6.42 Å². The van der Waals surface area contributed by atoms with E-state index in [-0.39, 0.29) is 16.7 Å². The van der Waals surface area contributed by atoms with Gasteiger partial charge in [-0.05, 0) is 54.3 Å². The molecule has 6 rings (SSSR count). The van der Waals surface area contributed by atoms with Crippen LogP contribution in [0.1, 0.15) is 55.9 Å². The van der Waals surface area contributed by atoms with Gasteiger partial charge in [0.05, 0.1) is 29.2 Å². The van der Waals surface area contributed by atoms with Crippen molar-refractivity contribution in [2.75, 3.05) is 13.2 Å². The first-order chi connectivity index (χ1) is 25.3. The average molecular weight is 708 g/mol. The third-order valence-electron chi connectivity index (χ3n) is 9.12. The first-order valence-electron chi connectivity index (χ1n) is 16.9. The first-order valence-corrected chi connectivity index (χ1v) is 16.9. The van der Waals surface area contributed by atoms with Gasteiger partial charge < -0.3 is 28.8 Å². The number of esters is 3. The minimum Gasteiger partial charge on any atom is -0.459 e. The SMILES string of the molecule is CCC(c1ccccc1)C(CO)C(=O)N1C(=O)O[C@H]2O[C@H](COC(=O)c3ccccc3)[C@@H](OC(=O)c3ccccc3)[C@H](OC(=O)c3ccccc3)[C@H]21. The number of carbonyl (C=O) groups is 5. The smallest absolute Gasteiger partial charge is 0.419 e. The van der Waals surface area contributed by atoms with Gasteiger partial charge in [-0.1, -0.05) is 91.9 Å². The van der Waals surface area contributed by atoms with E-state index in [9.17, 15) is 29.1 Å². The molecule has 4 aromatic carbocycles. The molecule has 0 radical (unpaired) electrons. The van der Waals surface area contributed by atoms with Crippen molar-refractivity contribution >= 4 is 29.9 Å². The van der Waals surface area contributed by atoms with Crippen LogP contribution < -0.4 is 0 Å². The first kappa shape index (κ1) is 36.0. The second-order valence-electron chi connectivity index (χ2n) is 12.3. The number of fused-ring (bicyclic) bond motifs is 1. The van der Waals surface area contributed by atoms with Gasteiger partial charge >= 0.3 is 24.0 Å². The quantitative estimate of drug-likeness (QED) is 0.153. The van der Waals surface area contributed by atoms with Crippen molar-refractivity contribution in [2.45, 2.75) is 49.9 Å². The number of hydrogen-bond acceptors (Lipinski definition) is 11. The van der Waals surface area contributed by atoms with Crippen molar-refractivity contribution in [3.8, 4) is 0 Å². The highest BCUT2D eigenvalue weighted by molar-refractivity contribution is 5.96. The third kappa shape index (κ3) is 7.73. The Morgan fingerprint density at radius 3 is 1.69 bits per heavy atom. The van der Waals surface area contributed by atoms with Crippen LogP contribution in [0, 0.1) is 5.92 Å². The fourth-order valence-electron chi connectivity index (χ4n) is 6.54. The van der Waals surface area contributed by atoms with Gasteiger partial charge in [-0.15, -0.1) is 0 Å².